The molecule has 0 aliphatic rings. The quantitative estimate of drug-likeness (QED) is 0.738. The fourth-order valence-electron chi connectivity index (χ4n) is 2.44. The fraction of sp³-hybridized carbons (Fsp3) is 0.133. The van der Waals surface area contributed by atoms with Crippen molar-refractivity contribution in [3.05, 3.63) is 51.6 Å². The smallest absolute Gasteiger partial charge is 0.180 e. The van der Waals surface area contributed by atoms with Crippen molar-refractivity contribution in [2.75, 3.05) is 5.73 Å². The van der Waals surface area contributed by atoms with Crippen LogP contribution in [0, 0.1) is 13.8 Å². The minimum Gasteiger partial charge on any atom is -0.375 e. The molecule has 0 saturated heterocycles. The summed E-state index contributed by atoms with van der Waals surface area (Å²) in [4.78, 5) is 4.38. The van der Waals surface area contributed by atoms with Gasteiger partial charge in [-0.3, -0.25) is 0 Å². The van der Waals surface area contributed by atoms with Gasteiger partial charge >= 0.3 is 0 Å². The lowest BCUT2D eigenvalue weighted by Gasteiger charge is -2.11. The summed E-state index contributed by atoms with van der Waals surface area (Å²) in [7, 11) is 0. The van der Waals surface area contributed by atoms with Gasteiger partial charge in [0.15, 0.2) is 5.13 Å². The Morgan fingerprint density at radius 3 is 2.65 bits per heavy atom. The first kappa shape index (κ1) is 13.4. The van der Waals surface area contributed by atoms with E-state index in [0.717, 1.165) is 21.4 Å². The van der Waals surface area contributed by atoms with Crippen molar-refractivity contribution < 1.29 is 0 Å². The molecule has 0 aliphatic carbocycles. The molecule has 0 unspecified atom stereocenters. The van der Waals surface area contributed by atoms with E-state index in [1.165, 1.54) is 22.7 Å². The van der Waals surface area contributed by atoms with E-state index in [1.54, 1.807) is 0 Å². The van der Waals surface area contributed by atoms with E-state index in [0.29, 0.717) is 5.13 Å². The highest BCUT2D eigenvalue weighted by molar-refractivity contribution is 9.10. The molecule has 0 amide bonds. The average molecular weight is 348 g/mol. The second-order valence-corrected chi connectivity index (χ2v) is 6.39. The third kappa shape index (κ3) is 2.17. The van der Waals surface area contributed by atoms with Crippen LogP contribution in [0.3, 0.4) is 0 Å². The van der Waals surface area contributed by atoms with Gasteiger partial charge in [-0.1, -0.05) is 12.1 Å². The molecule has 20 heavy (non-hydrogen) atoms. The summed E-state index contributed by atoms with van der Waals surface area (Å²) in [6.07, 6.45) is 0. The Bertz CT molecular complexity index is 773. The van der Waals surface area contributed by atoms with E-state index >= 15 is 0 Å². The molecule has 0 atom stereocenters. The van der Waals surface area contributed by atoms with Gasteiger partial charge in [-0.25, -0.2) is 4.98 Å². The second kappa shape index (κ2) is 5.07. The summed E-state index contributed by atoms with van der Waals surface area (Å²) in [6, 6.07) is 10.4. The van der Waals surface area contributed by atoms with Gasteiger partial charge in [0, 0.05) is 26.8 Å². The number of aromatic nitrogens is 2. The molecule has 1 aromatic carbocycles. The Hall–Kier alpha value is -1.59. The molecule has 3 nitrogen and oxygen atoms in total. The second-order valence-electron chi connectivity index (χ2n) is 4.64. The molecular weight excluding hydrogens is 334 g/mol. The van der Waals surface area contributed by atoms with Crippen LogP contribution in [-0.2, 0) is 0 Å². The summed E-state index contributed by atoms with van der Waals surface area (Å²) in [5.74, 6) is 0. The van der Waals surface area contributed by atoms with E-state index in [2.05, 4.69) is 57.5 Å². The maximum absolute atomic E-state index is 5.74. The fourth-order valence-corrected chi connectivity index (χ4v) is 3.46. The molecule has 2 heterocycles. The van der Waals surface area contributed by atoms with Crippen molar-refractivity contribution in [1.29, 1.82) is 0 Å². The number of nitrogens with two attached hydrogens (primary N) is 1. The average Bonchev–Trinajstić information content (AvgIpc) is 2.95. The number of aryl methyl sites for hydroxylation is 1. The monoisotopic (exact) mass is 347 g/mol. The first-order valence-electron chi connectivity index (χ1n) is 6.23. The van der Waals surface area contributed by atoms with Gasteiger partial charge in [-0.15, -0.1) is 11.3 Å². The Kier molecular flexibility index (Phi) is 3.40. The highest BCUT2D eigenvalue weighted by Gasteiger charge is 2.15. The number of nitrogen functional groups attached to an aromatic ring is 1. The number of hydrogen-bond acceptors (Lipinski definition) is 3. The standard InChI is InChI=1S/C15H14BrN3S/c1-9-7-11(13-8-20-15(17)18-13)10(2)19(9)14-6-4-3-5-12(14)16/h3-8H,1-2H3,(H2,17,18). The van der Waals surface area contributed by atoms with Gasteiger partial charge < -0.3 is 10.3 Å². The Balaban J connectivity index is 2.20. The highest BCUT2D eigenvalue weighted by Crippen LogP contribution is 2.32. The van der Waals surface area contributed by atoms with Crippen LogP contribution in [0.1, 0.15) is 11.4 Å². The summed E-state index contributed by atoms with van der Waals surface area (Å²) < 4.78 is 3.31. The summed E-state index contributed by atoms with van der Waals surface area (Å²) >= 11 is 5.09. The van der Waals surface area contributed by atoms with Crippen molar-refractivity contribution >= 4 is 32.4 Å². The summed E-state index contributed by atoms with van der Waals surface area (Å²) in [5, 5.41) is 2.60. The molecule has 0 fully saturated rings. The van der Waals surface area contributed by atoms with Crippen LogP contribution in [-0.4, -0.2) is 9.55 Å². The minimum atomic E-state index is 0.602. The number of benzene rings is 1. The predicted octanol–water partition coefficient (Wildman–Crippen LogP) is 4.56. The molecule has 0 radical (unpaired) electrons. The molecule has 0 spiro atoms. The minimum absolute atomic E-state index is 0.602. The topological polar surface area (TPSA) is 43.8 Å². The first-order valence-corrected chi connectivity index (χ1v) is 7.90. The lowest BCUT2D eigenvalue weighted by molar-refractivity contribution is 0.961. The lowest BCUT2D eigenvalue weighted by Crippen LogP contribution is -1.99. The van der Waals surface area contributed by atoms with Crippen LogP contribution < -0.4 is 5.73 Å². The number of rotatable bonds is 2. The van der Waals surface area contributed by atoms with E-state index < -0.39 is 0 Å². The molecule has 2 N–H and O–H groups in total. The molecule has 3 rings (SSSR count). The van der Waals surface area contributed by atoms with Gasteiger partial charge in [0.2, 0.25) is 0 Å². The summed E-state index contributed by atoms with van der Waals surface area (Å²) in [5.41, 5.74) is 11.3. The number of hydrogen-bond donors (Lipinski definition) is 1. The maximum atomic E-state index is 5.74. The molecule has 0 aliphatic heterocycles. The number of halogens is 1. The molecule has 0 saturated carbocycles. The largest absolute Gasteiger partial charge is 0.375 e. The van der Waals surface area contributed by atoms with Gasteiger partial charge in [0.05, 0.1) is 11.4 Å². The van der Waals surface area contributed by atoms with Crippen molar-refractivity contribution in [2.45, 2.75) is 13.8 Å². The van der Waals surface area contributed by atoms with E-state index in [-0.39, 0.29) is 0 Å². The van der Waals surface area contributed by atoms with E-state index in [9.17, 15) is 0 Å². The number of thiazole rings is 1. The third-order valence-electron chi connectivity index (χ3n) is 3.32. The highest BCUT2D eigenvalue weighted by atomic mass is 79.9. The predicted molar refractivity (Wildman–Crippen MR) is 88.5 cm³/mol. The van der Waals surface area contributed by atoms with Crippen molar-refractivity contribution in [3.8, 4) is 16.9 Å². The van der Waals surface area contributed by atoms with Gasteiger partial charge in [-0.05, 0) is 48.0 Å². The van der Waals surface area contributed by atoms with Crippen LogP contribution in [0.4, 0.5) is 5.13 Å². The van der Waals surface area contributed by atoms with Crippen LogP contribution in [0.5, 0.6) is 0 Å². The van der Waals surface area contributed by atoms with E-state index in [1.807, 2.05) is 17.5 Å². The van der Waals surface area contributed by atoms with Crippen molar-refractivity contribution in [2.24, 2.45) is 0 Å². The number of nitrogens with zero attached hydrogens (tertiary/aromatic N) is 2. The maximum Gasteiger partial charge on any atom is 0.180 e. The lowest BCUT2D eigenvalue weighted by atomic mass is 10.2. The summed E-state index contributed by atoms with van der Waals surface area (Å²) in [6.45, 7) is 4.21. The molecule has 5 heteroatoms. The molecular formula is C15H14BrN3S. The molecule has 102 valence electrons. The number of para-hydroxylation sites is 1. The Morgan fingerprint density at radius 2 is 2.00 bits per heavy atom. The van der Waals surface area contributed by atoms with Crippen molar-refractivity contribution in [1.82, 2.24) is 9.55 Å². The normalized spacial score (nSPS) is 10.9. The van der Waals surface area contributed by atoms with Crippen LogP contribution >= 0.6 is 27.3 Å². The SMILES string of the molecule is Cc1cc(-c2csc(N)n2)c(C)n1-c1ccccc1Br. The molecule has 2 aromatic heterocycles. The molecule has 3 aromatic rings. The Morgan fingerprint density at radius 1 is 1.25 bits per heavy atom. The number of anilines is 1. The first-order chi connectivity index (χ1) is 9.58. The van der Waals surface area contributed by atoms with Gasteiger partial charge in [0.1, 0.15) is 0 Å². The zero-order valence-electron chi connectivity index (χ0n) is 11.2. The third-order valence-corrected chi connectivity index (χ3v) is 4.67. The Labute approximate surface area is 130 Å². The van der Waals surface area contributed by atoms with Gasteiger partial charge in [0.25, 0.3) is 0 Å². The van der Waals surface area contributed by atoms with E-state index in [4.69, 9.17) is 5.73 Å². The van der Waals surface area contributed by atoms with Gasteiger partial charge in [-0.2, -0.15) is 0 Å². The van der Waals surface area contributed by atoms with Crippen LogP contribution in [0.25, 0.3) is 16.9 Å². The van der Waals surface area contributed by atoms with Crippen LogP contribution in [0.2, 0.25) is 0 Å². The zero-order chi connectivity index (χ0) is 14.3. The zero-order valence-corrected chi connectivity index (χ0v) is 13.6. The van der Waals surface area contributed by atoms with Crippen molar-refractivity contribution in [3.63, 3.8) is 0 Å². The molecule has 0 bridgehead atoms. The van der Waals surface area contributed by atoms with Crippen LogP contribution in [0.15, 0.2) is 40.2 Å².